The van der Waals surface area contributed by atoms with Crippen molar-refractivity contribution in [2.45, 2.75) is 96.8 Å². The molecule has 2 N–H and O–H groups in total. The molecule has 0 saturated heterocycles. The molecule has 0 rings (SSSR count). The molecular weight excluding hydrogens is 286 g/mol. The first kappa shape index (κ1) is 22.2. The van der Waals surface area contributed by atoms with Gasteiger partial charge >= 0.3 is 0 Å². The monoisotopic (exact) mass is 325 g/mol. The Morgan fingerprint density at radius 1 is 0.826 bits per heavy atom. The molecule has 136 valence electrons. The molecule has 0 bridgehead atoms. The third kappa shape index (κ3) is 19.1. The van der Waals surface area contributed by atoms with Gasteiger partial charge in [0.05, 0.1) is 6.61 Å². The molecule has 0 spiro atoms. The first-order valence-electron chi connectivity index (χ1n) is 9.83. The van der Waals surface area contributed by atoms with Crippen molar-refractivity contribution in [2.24, 2.45) is 0 Å². The van der Waals surface area contributed by atoms with Gasteiger partial charge in [-0.1, -0.05) is 70.4 Å². The first-order chi connectivity index (χ1) is 11.3. The van der Waals surface area contributed by atoms with E-state index in [1.807, 2.05) is 0 Å². The van der Waals surface area contributed by atoms with Crippen molar-refractivity contribution in [2.75, 3.05) is 13.2 Å². The Bertz CT molecular complexity index is 277. The van der Waals surface area contributed by atoms with Crippen LogP contribution in [0.5, 0.6) is 0 Å². The van der Waals surface area contributed by atoms with Crippen molar-refractivity contribution in [3.63, 3.8) is 0 Å². The molecule has 3 heteroatoms. The Kier molecular flexibility index (Phi) is 18.5. The van der Waals surface area contributed by atoms with E-state index in [1.165, 1.54) is 70.6 Å². The number of nitrogens with one attached hydrogen (secondary N) is 1. The molecule has 0 atom stereocenters. The van der Waals surface area contributed by atoms with E-state index >= 15 is 0 Å². The largest absolute Gasteiger partial charge is 0.395 e. The van der Waals surface area contributed by atoms with Crippen molar-refractivity contribution < 1.29 is 9.90 Å². The maximum atomic E-state index is 11.3. The van der Waals surface area contributed by atoms with Crippen LogP contribution in [-0.4, -0.2) is 24.2 Å². The lowest BCUT2D eigenvalue weighted by molar-refractivity contribution is -0.121. The molecule has 0 aromatic heterocycles. The first-order valence-corrected chi connectivity index (χ1v) is 9.83. The molecular formula is C20H39NO2. The lowest BCUT2D eigenvalue weighted by Gasteiger charge is -2.03. The van der Waals surface area contributed by atoms with Gasteiger partial charge in [0, 0.05) is 13.0 Å². The number of aliphatic hydroxyl groups is 1. The Morgan fingerprint density at radius 3 is 1.91 bits per heavy atom. The zero-order valence-electron chi connectivity index (χ0n) is 15.3. The number of unbranched alkanes of at least 4 members (excludes halogenated alkanes) is 11. The van der Waals surface area contributed by atoms with Crippen molar-refractivity contribution in [3.05, 3.63) is 12.2 Å². The van der Waals surface area contributed by atoms with Crippen LogP contribution in [0.1, 0.15) is 96.8 Å². The number of aliphatic hydroxyl groups excluding tert-OH is 1. The van der Waals surface area contributed by atoms with Crippen LogP contribution in [0.4, 0.5) is 0 Å². The number of amides is 1. The van der Waals surface area contributed by atoms with Crippen LogP contribution < -0.4 is 5.32 Å². The van der Waals surface area contributed by atoms with Gasteiger partial charge in [-0.05, 0) is 32.1 Å². The molecule has 0 unspecified atom stereocenters. The van der Waals surface area contributed by atoms with Crippen LogP contribution in [0.25, 0.3) is 0 Å². The molecule has 0 aromatic carbocycles. The third-order valence-electron chi connectivity index (χ3n) is 4.10. The van der Waals surface area contributed by atoms with Crippen LogP contribution in [0.3, 0.4) is 0 Å². The topological polar surface area (TPSA) is 49.3 Å². The van der Waals surface area contributed by atoms with Gasteiger partial charge in [-0.2, -0.15) is 0 Å². The van der Waals surface area contributed by atoms with Gasteiger partial charge in [0.2, 0.25) is 5.91 Å². The highest BCUT2D eigenvalue weighted by Crippen LogP contribution is 2.10. The lowest BCUT2D eigenvalue weighted by Crippen LogP contribution is -2.25. The zero-order chi connectivity index (χ0) is 17.0. The zero-order valence-corrected chi connectivity index (χ0v) is 15.3. The van der Waals surface area contributed by atoms with Gasteiger partial charge in [-0.15, -0.1) is 0 Å². The molecule has 3 nitrogen and oxygen atoms in total. The fourth-order valence-corrected chi connectivity index (χ4v) is 2.64. The Hall–Kier alpha value is -0.830. The van der Waals surface area contributed by atoms with Gasteiger partial charge in [-0.3, -0.25) is 4.79 Å². The summed E-state index contributed by atoms with van der Waals surface area (Å²) in [6.45, 7) is 2.66. The van der Waals surface area contributed by atoms with E-state index in [9.17, 15) is 4.79 Å². The molecule has 0 fully saturated rings. The number of hydrogen-bond acceptors (Lipinski definition) is 2. The molecule has 23 heavy (non-hydrogen) atoms. The van der Waals surface area contributed by atoms with Crippen LogP contribution in [0.15, 0.2) is 12.2 Å². The summed E-state index contributed by atoms with van der Waals surface area (Å²) in [5, 5.41) is 11.3. The number of rotatable bonds is 17. The molecule has 0 aliphatic rings. The van der Waals surface area contributed by atoms with Gasteiger partial charge in [-0.25, -0.2) is 0 Å². The minimum absolute atomic E-state index is 0.0276. The summed E-state index contributed by atoms with van der Waals surface area (Å²) in [5.41, 5.74) is 0. The molecule has 0 aliphatic carbocycles. The highest BCUT2D eigenvalue weighted by molar-refractivity contribution is 5.75. The van der Waals surface area contributed by atoms with Gasteiger partial charge in [0.25, 0.3) is 0 Å². The van der Waals surface area contributed by atoms with E-state index < -0.39 is 0 Å². The molecule has 0 aliphatic heterocycles. The van der Waals surface area contributed by atoms with Crippen LogP contribution in [-0.2, 0) is 4.79 Å². The number of carbonyl (C=O) groups excluding carboxylic acids is 1. The van der Waals surface area contributed by atoms with Crippen molar-refractivity contribution in [3.8, 4) is 0 Å². The summed E-state index contributed by atoms with van der Waals surface area (Å²) in [4.78, 5) is 11.3. The second kappa shape index (κ2) is 19.2. The maximum absolute atomic E-state index is 11.3. The quantitative estimate of drug-likeness (QED) is 0.287. The maximum Gasteiger partial charge on any atom is 0.220 e. The predicted molar refractivity (Wildman–Crippen MR) is 99.5 cm³/mol. The third-order valence-corrected chi connectivity index (χ3v) is 4.10. The van der Waals surface area contributed by atoms with Crippen molar-refractivity contribution in [1.82, 2.24) is 5.32 Å². The summed E-state index contributed by atoms with van der Waals surface area (Å²) in [5.74, 6) is 0.0699. The minimum Gasteiger partial charge on any atom is -0.395 e. The summed E-state index contributed by atoms with van der Waals surface area (Å²) >= 11 is 0. The predicted octanol–water partition coefficient (Wildman–Crippen LogP) is 5.13. The summed E-state index contributed by atoms with van der Waals surface area (Å²) in [6.07, 6.45) is 21.8. The molecule has 1 amide bonds. The molecule has 0 saturated carbocycles. The highest BCUT2D eigenvalue weighted by Gasteiger charge is 1.99. The second-order valence-electron chi connectivity index (χ2n) is 6.41. The smallest absolute Gasteiger partial charge is 0.220 e. The van der Waals surface area contributed by atoms with Crippen LogP contribution in [0, 0.1) is 0 Å². The SMILES string of the molecule is CCCCCC/C=C/CCCCCCCCCC(=O)NCCO. The van der Waals surface area contributed by atoms with Crippen LogP contribution in [0.2, 0.25) is 0 Å². The fourth-order valence-electron chi connectivity index (χ4n) is 2.64. The van der Waals surface area contributed by atoms with E-state index in [0.717, 1.165) is 12.8 Å². The normalized spacial score (nSPS) is 11.2. The minimum atomic E-state index is 0.0276. The Labute approximate surface area is 143 Å². The average Bonchev–Trinajstić information content (AvgIpc) is 2.56. The fraction of sp³-hybridized carbons (Fsp3) is 0.850. The molecule has 0 heterocycles. The summed E-state index contributed by atoms with van der Waals surface area (Å²) < 4.78 is 0. The Morgan fingerprint density at radius 2 is 1.35 bits per heavy atom. The second-order valence-corrected chi connectivity index (χ2v) is 6.41. The van der Waals surface area contributed by atoms with Gasteiger partial charge in [0.15, 0.2) is 0 Å². The van der Waals surface area contributed by atoms with Crippen molar-refractivity contribution >= 4 is 5.91 Å². The average molecular weight is 326 g/mol. The van der Waals surface area contributed by atoms with Gasteiger partial charge < -0.3 is 10.4 Å². The number of allylic oxidation sites excluding steroid dienone is 2. The summed E-state index contributed by atoms with van der Waals surface area (Å²) in [7, 11) is 0. The number of hydrogen-bond donors (Lipinski definition) is 2. The van der Waals surface area contributed by atoms with Gasteiger partial charge in [0.1, 0.15) is 0 Å². The van der Waals surface area contributed by atoms with E-state index in [4.69, 9.17) is 5.11 Å². The van der Waals surface area contributed by atoms with Crippen molar-refractivity contribution in [1.29, 1.82) is 0 Å². The summed E-state index contributed by atoms with van der Waals surface area (Å²) in [6, 6.07) is 0. The standard InChI is InChI=1S/C20H39NO2/c1-2-3-4-5-6-7-8-9-10-11-12-13-14-15-16-17-20(23)21-18-19-22/h7-8,22H,2-6,9-19H2,1H3,(H,21,23)/b8-7+. The Balaban J connectivity index is 3.13. The lowest BCUT2D eigenvalue weighted by atomic mass is 10.1. The van der Waals surface area contributed by atoms with E-state index in [-0.39, 0.29) is 12.5 Å². The van der Waals surface area contributed by atoms with Crippen LogP contribution >= 0.6 is 0 Å². The van der Waals surface area contributed by atoms with E-state index in [2.05, 4.69) is 24.4 Å². The highest BCUT2D eigenvalue weighted by atomic mass is 16.3. The van der Waals surface area contributed by atoms with E-state index in [1.54, 1.807) is 0 Å². The number of carbonyl (C=O) groups is 1. The molecule has 0 aromatic rings. The van der Waals surface area contributed by atoms with E-state index in [0.29, 0.717) is 13.0 Å². The molecule has 0 radical (unpaired) electrons.